The average molecular weight is 257 g/mol. The first-order valence-corrected chi connectivity index (χ1v) is 6.40. The summed E-state index contributed by atoms with van der Waals surface area (Å²) in [4.78, 5) is 22.9. The molecule has 0 saturated heterocycles. The summed E-state index contributed by atoms with van der Waals surface area (Å²) in [5.41, 5.74) is -0.592. The molecule has 0 aromatic rings. The summed E-state index contributed by atoms with van der Waals surface area (Å²) in [6, 6.07) is 0. The smallest absolute Gasteiger partial charge is 0.316 e. The van der Waals surface area contributed by atoms with Gasteiger partial charge in [-0.25, -0.2) is 0 Å². The minimum absolute atomic E-state index is 0.366. The molecule has 1 unspecified atom stereocenters. The van der Waals surface area contributed by atoms with Crippen molar-refractivity contribution in [1.82, 2.24) is 5.32 Å². The summed E-state index contributed by atoms with van der Waals surface area (Å²) in [5.74, 6) is -1.85. The molecule has 5 nitrogen and oxygen atoms in total. The highest BCUT2D eigenvalue weighted by Gasteiger charge is 2.37. The van der Waals surface area contributed by atoms with Gasteiger partial charge in [0.1, 0.15) is 5.92 Å². The van der Waals surface area contributed by atoms with Crippen LogP contribution < -0.4 is 5.32 Å². The molecule has 0 aromatic carbocycles. The van der Waals surface area contributed by atoms with Gasteiger partial charge in [-0.1, -0.05) is 20.8 Å². The lowest BCUT2D eigenvalue weighted by Crippen LogP contribution is -2.43. The van der Waals surface area contributed by atoms with E-state index in [1.54, 1.807) is 20.8 Å². The van der Waals surface area contributed by atoms with Crippen LogP contribution in [0.1, 0.15) is 33.6 Å². The third kappa shape index (κ3) is 5.04. The van der Waals surface area contributed by atoms with Crippen LogP contribution in [0.3, 0.4) is 0 Å². The van der Waals surface area contributed by atoms with Crippen LogP contribution in [0.15, 0.2) is 0 Å². The zero-order valence-electron chi connectivity index (χ0n) is 11.4. The molecule has 0 aromatic heterocycles. The zero-order chi connectivity index (χ0) is 13.8. The van der Waals surface area contributed by atoms with E-state index in [2.05, 4.69) is 5.32 Å². The minimum Gasteiger partial charge on any atom is -0.481 e. The molecule has 2 N–H and O–H groups in total. The standard InChI is InChI=1S/C13H23NO4/c1-13(2,3)10(12(16)17)11(15)14-6-7-18-8-9-4-5-9/h9-10H,4-8H2,1-3H3,(H,14,15)(H,16,17). The van der Waals surface area contributed by atoms with Crippen molar-refractivity contribution < 1.29 is 19.4 Å². The molecule has 0 radical (unpaired) electrons. The number of hydrogen-bond donors (Lipinski definition) is 2. The second-order valence-corrected chi connectivity index (χ2v) is 5.95. The molecular formula is C13H23NO4. The minimum atomic E-state index is -1.08. The van der Waals surface area contributed by atoms with Crippen molar-refractivity contribution in [2.24, 2.45) is 17.3 Å². The molecule has 0 aliphatic heterocycles. The molecule has 5 heteroatoms. The van der Waals surface area contributed by atoms with Crippen LogP contribution in [0.5, 0.6) is 0 Å². The maximum atomic E-state index is 11.8. The fourth-order valence-electron chi connectivity index (χ4n) is 1.76. The Hall–Kier alpha value is -1.10. The van der Waals surface area contributed by atoms with Crippen molar-refractivity contribution in [3.8, 4) is 0 Å². The predicted octanol–water partition coefficient (Wildman–Crippen LogP) is 1.28. The highest BCUT2D eigenvalue weighted by Crippen LogP contribution is 2.28. The first kappa shape index (κ1) is 15.0. The molecular weight excluding hydrogens is 234 g/mol. The van der Waals surface area contributed by atoms with E-state index in [1.165, 1.54) is 12.8 Å². The molecule has 1 fully saturated rings. The van der Waals surface area contributed by atoms with Crippen molar-refractivity contribution in [1.29, 1.82) is 0 Å². The lowest BCUT2D eigenvalue weighted by Gasteiger charge is -2.25. The van der Waals surface area contributed by atoms with E-state index >= 15 is 0 Å². The van der Waals surface area contributed by atoms with Crippen molar-refractivity contribution in [3.05, 3.63) is 0 Å². The molecule has 1 atom stereocenters. The highest BCUT2D eigenvalue weighted by molar-refractivity contribution is 5.97. The summed E-state index contributed by atoms with van der Waals surface area (Å²) in [6.45, 7) is 6.79. The van der Waals surface area contributed by atoms with Gasteiger partial charge < -0.3 is 15.2 Å². The number of amides is 1. The Labute approximate surface area is 108 Å². The number of carboxylic acid groups (broad SMARTS) is 1. The fourth-order valence-corrected chi connectivity index (χ4v) is 1.76. The molecule has 1 aliphatic rings. The Morgan fingerprint density at radius 2 is 2.00 bits per heavy atom. The lowest BCUT2D eigenvalue weighted by atomic mass is 9.80. The lowest BCUT2D eigenvalue weighted by molar-refractivity contribution is -0.151. The molecule has 1 rings (SSSR count). The molecule has 1 aliphatic carbocycles. The van der Waals surface area contributed by atoms with Crippen LogP contribution in [-0.2, 0) is 14.3 Å². The highest BCUT2D eigenvalue weighted by atomic mass is 16.5. The van der Waals surface area contributed by atoms with Crippen molar-refractivity contribution >= 4 is 11.9 Å². The molecule has 0 spiro atoms. The Kier molecular flexibility index (Phi) is 5.14. The van der Waals surface area contributed by atoms with E-state index in [0.717, 1.165) is 6.61 Å². The van der Waals surface area contributed by atoms with Crippen molar-refractivity contribution in [2.75, 3.05) is 19.8 Å². The number of nitrogens with one attached hydrogen (secondary N) is 1. The van der Waals surface area contributed by atoms with E-state index in [9.17, 15) is 9.59 Å². The van der Waals surface area contributed by atoms with Crippen molar-refractivity contribution in [3.63, 3.8) is 0 Å². The van der Waals surface area contributed by atoms with Gasteiger partial charge in [-0.05, 0) is 24.2 Å². The summed E-state index contributed by atoms with van der Waals surface area (Å²) < 4.78 is 5.37. The first-order valence-electron chi connectivity index (χ1n) is 6.40. The molecule has 18 heavy (non-hydrogen) atoms. The molecule has 104 valence electrons. The van der Waals surface area contributed by atoms with E-state index in [0.29, 0.717) is 19.1 Å². The van der Waals surface area contributed by atoms with E-state index in [1.807, 2.05) is 0 Å². The summed E-state index contributed by atoms with van der Waals surface area (Å²) in [7, 11) is 0. The predicted molar refractivity (Wildman–Crippen MR) is 67.1 cm³/mol. The molecule has 1 saturated carbocycles. The Balaban J connectivity index is 2.25. The summed E-state index contributed by atoms with van der Waals surface area (Å²) >= 11 is 0. The Morgan fingerprint density at radius 3 is 2.44 bits per heavy atom. The maximum Gasteiger partial charge on any atom is 0.316 e. The van der Waals surface area contributed by atoms with Gasteiger partial charge in [-0.3, -0.25) is 9.59 Å². The van der Waals surface area contributed by atoms with Crippen LogP contribution in [0.2, 0.25) is 0 Å². The molecule has 1 amide bonds. The van der Waals surface area contributed by atoms with Crippen LogP contribution in [0, 0.1) is 17.3 Å². The normalized spacial score (nSPS) is 17.3. The van der Waals surface area contributed by atoms with Gasteiger partial charge in [0, 0.05) is 13.2 Å². The van der Waals surface area contributed by atoms with E-state index < -0.39 is 23.2 Å². The second kappa shape index (κ2) is 6.18. The number of ether oxygens (including phenoxy) is 1. The van der Waals surface area contributed by atoms with Crippen LogP contribution >= 0.6 is 0 Å². The largest absolute Gasteiger partial charge is 0.481 e. The van der Waals surface area contributed by atoms with E-state index in [4.69, 9.17) is 9.84 Å². The van der Waals surface area contributed by atoms with Gasteiger partial charge >= 0.3 is 5.97 Å². The summed E-state index contributed by atoms with van der Waals surface area (Å²) in [6.07, 6.45) is 2.47. The summed E-state index contributed by atoms with van der Waals surface area (Å²) in [5, 5.41) is 11.7. The van der Waals surface area contributed by atoms with Crippen molar-refractivity contribution in [2.45, 2.75) is 33.6 Å². The first-order chi connectivity index (χ1) is 8.32. The quantitative estimate of drug-likeness (QED) is 0.532. The monoisotopic (exact) mass is 257 g/mol. The zero-order valence-corrected chi connectivity index (χ0v) is 11.4. The van der Waals surface area contributed by atoms with Gasteiger partial charge in [0.05, 0.1) is 6.61 Å². The van der Waals surface area contributed by atoms with Gasteiger partial charge in [-0.15, -0.1) is 0 Å². The molecule has 0 bridgehead atoms. The topological polar surface area (TPSA) is 75.6 Å². The number of aliphatic carboxylic acids is 1. The third-order valence-corrected chi connectivity index (χ3v) is 2.97. The van der Waals surface area contributed by atoms with Crippen LogP contribution in [-0.4, -0.2) is 36.7 Å². The SMILES string of the molecule is CC(C)(C)C(C(=O)O)C(=O)NCCOCC1CC1. The number of carboxylic acids is 1. The van der Waals surface area contributed by atoms with Crippen LogP contribution in [0.25, 0.3) is 0 Å². The van der Waals surface area contributed by atoms with Crippen LogP contribution in [0.4, 0.5) is 0 Å². The Bertz CT molecular complexity index is 305. The van der Waals surface area contributed by atoms with Gasteiger partial charge in [0.15, 0.2) is 0 Å². The number of rotatable bonds is 7. The number of carbonyl (C=O) groups excluding carboxylic acids is 1. The van der Waals surface area contributed by atoms with E-state index in [-0.39, 0.29) is 0 Å². The second-order valence-electron chi connectivity index (χ2n) is 5.95. The third-order valence-electron chi connectivity index (χ3n) is 2.97. The average Bonchev–Trinajstić information content (AvgIpc) is 2.97. The Morgan fingerprint density at radius 1 is 1.39 bits per heavy atom. The maximum absolute atomic E-state index is 11.8. The van der Waals surface area contributed by atoms with Gasteiger partial charge in [0.2, 0.25) is 5.91 Å². The number of hydrogen-bond acceptors (Lipinski definition) is 3. The van der Waals surface area contributed by atoms with Gasteiger partial charge in [0.25, 0.3) is 0 Å². The fraction of sp³-hybridized carbons (Fsp3) is 0.846. The molecule has 0 heterocycles. The van der Waals surface area contributed by atoms with Gasteiger partial charge in [-0.2, -0.15) is 0 Å². The number of carbonyl (C=O) groups is 2.